The molecule has 3 nitrogen and oxygen atoms in total. The standard InChI is InChI=1S/C14H24N2O/c1-4-8-16-13(5-2)7-6-12-9-14(17-3)11-15-10-12/h9-11,13,16H,4-8H2,1-3H3. The van der Waals surface area contributed by atoms with Crippen molar-refractivity contribution in [1.82, 2.24) is 10.3 Å². The van der Waals surface area contributed by atoms with Crippen LogP contribution < -0.4 is 10.1 Å². The van der Waals surface area contributed by atoms with Crippen LogP contribution in [0, 0.1) is 0 Å². The van der Waals surface area contributed by atoms with Crippen LogP contribution in [0.15, 0.2) is 18.5 Å². The van der Waals surface area contributed by atoms with Crippen LogP contribution in [0.2, 0.25) is 0 Å². The minimum Gasteiger partial charge on any atom is -0.495 e. The maximum atomic E-state index is 5.17. The van der Waals surface area contributed by atoms with Crippen molar-refractivity contribution in [3.63, 3.8) is 0 Å². The summed E-state index contributed by atoms with van der Waals surface area (Å²) in [6.07, 6.45) is 8.25. The topological polar surface area (TPSA) is 34.2 Å². The van der Waals surface area contributed by atoms with Gasteiger partial charge in [-0.05, 0) is 43.9 Å². The Morgan fingerprint density at radius 1 is 1.35 bits per heavy atom. The average molecular weight is 236 g/mol. The smallest absolute Gasteiger partial charge is 0.137 e. The van der Waals surface area contributed by atoms with Crippen LogP contribution in [-0.4, -0.2) is 24.7 Å². The molecule has 0 fully saturated rings. The van der Waals surface area contributed by atoms with E-state index in [4.69, 9.17) is 4.74 Å². The highest BCUT2D eigenvalue weighted by atomic mass is 16.5. The molecule has 0 saturated heterocycles. The van der Waals surface area contributed by atoms with Crippen molar-refractivity contribution in [2.24, 2.45) is 0 Å². The zero-order valence-corrected chi connectivity index (χ0v) is 11.2. The predicted molar refractivity (Wildman–Crippen MR) is 71.5 cm³/mol. The Hall–Kier alpha value is -1.09. The van der Waals surface area contributed by atoms with Crippen molar-refractivity contribution in [3.8, 4) is 5.75 Å². The number of aryl methyl sites for hydroxylation is 1. The number of aromatic nitrogens is 1. The summed E-state index contributed by atoms with van der Waals surface area (Å²) >= 11 is 0. The zero-order valence-electron chi connectivity index (χ0n) is 11.2. The van der Waals surface area contributed by atoms with Gasteiger partial charge in [0, 0.05) is 12.2 Å². The lowest BCUT2D eigenvalue weighted by Gasteiger charge is -2.16. The largest absolute Gasteiger partial charge is 0.495 e. The van der Waals surface area contributed by atoms with E-state index in [1.807, 2.05) is 6.20 Å². The van der Waals surface area contributed by atoms with Crippen LogP contribution in [0.25, 0.3) is 0 Å². The Morgan fingerprint density at radius 3 is 2.82 bits per heavy atom. The van der Waals surface area contributed by atoms with E-state index in [0.717, 1.165) is 25.1 Å². The highest BCUT2D eigenvalue weighted by molar-refractivity contribution is 5.23. The van der Waals surface area contributed by atoms with E-state index in [9.17, 15) is 0 Å². The van der Waals surface area contributed by atoms with E-state index in [2.05, 4.69) is 30.2 Å². The van der Waals surface area contributed by atoms with E-state index in [1.165, 1.54) is 18.4 Å². The van der Waals surface area contributed by atoms with Crippen LogP contribution in [0.3, 0.4) is 0 Å². The Morgan fingerprint density at radius 2 is 2.18 bits per heavy atom. The Bertz CT molecular complexity index is 315. The van der Waals surface area contributed by atoms with Gasteiger partial charge in [0.1, 0.15) is 5.75 Å². The molecule has 1 aromatic heterocycles. The molecule has 0 aliphatic heterocycles. The van der Waals surface area contributed by atoms with Gasteiger partial charge in [-0.25, -0.2) is 0 Å². The molecule has 1 N–H and O–H groups in total. The molecule has 0 spiro atoms. The number of nitrogens with zero attached hydrogens (tertiary/aromatic N) is 1. The van der Waals surface area contributed by atoms with Gasteiger partial charge in [-0.3, -0.25) is 4.98 Å². The molecule has 0 aliphatic rings. The molecule has 0 bridgehead atoms. The number of pyridine rings is 1. The van der Waals surface area contributed by atoms with Gasteiger partial charge in [0.05, 0.1) is 13.3 Å². The quantitative estimate of drug-likeness (QED) is 0.753. The third kappa shape index (κ3) is 5.18. The summed E-state index contributed by atoms with van der Waals surface area (Å²) < 4.78 is 5.17. The van der Waals surface area contributed by atoms with Crippen molar-refractivity contribution < 1.29 is 4.74 Å². The molecule has 0 radical (unpaired) electrons. The first-order valence-corrected chi connectivity index (χ1v) is 6.51. The average Bonchev–Trinajstić information content (AvgIpc) is 2.39. The normalized spacial score (nSPS) is 12.4. The van der Waals surface area contributed by atoms with Crippen molar-refractivity contribution in [3.05, 3.63) is 24.0 Å². The van der Waals surface area contributed by atoms with Gasteiger partial charge in [-0.1, -0.05) is 13.8 Å². The van der Waals surface area contributed by atoms with Crippen LogP contribution in [-0.2, 0) is 6.42 Å². The molecule has 0 saturated carbocycles. The molecular weight excluding hydrogens is 212 g/mol. The number of hydrogen-bond acceptors (Lipinski definition) is 3. The molecule has 3 heteroatoms. The highest BCUT2D eigenvalue weighted by Gasteiger charge is 2.05. The monoisotopic (exact) mass is 236 g/mol. The molecule has 1 rings (SSSR count). The number of hydrogen-bond donors (Lipinski definition) is 1. The minimum atomic E-state index is 0.612. The maximum absolute atomic E-state index is 5.17. The molecule has 0 amide bonds. The Balaban J connectivity index is 2.41. The fraction of sp³-hybridized carbons (Fsp3) is 0.643. The lowest BCUT2D eigenvalue weighted by molar-refractivity contribution is 0.411. The second-order valence-corrected chi connectivity index (χ2v) is 4.33. The number of ether oxygens (including phenoxy) is 1. The van der Waals surface area contributed by atoms with Crippen LogP contribution in [0.4, 0.5) is 0 Å². The van der Waals surface area contributed by atoms with Gasteiger partial charge in [0.2, 0.25) is 0 Å². The summed E-state index contributed by atoms with van der Waals surface area (Å²) in [5.41, 5.74) is 1.25. The van der Waals surface area contributed by atoms with Crippen molar-refractivity contribution >= 4 is 0 Å². The molecule has 96 valence electrons. The van der Waals surface area contributed by atoms with E-state index in [-0.39, 0.29) is 0 Å². The third-order valence-electron chi connectivity index (χ3n) is 2.96. The lowest BCUT2D eigenvalue weighted by atomic mass is 10.0. The maximum Gasteiger partial charge on any atom is 0.137 e. The molecule has 1 aromatic rings. The molecule has 1 atom stereocenters. The van der Waals surface area contributed by atoms with Crippen molar-refractivity contribution in [1.29, 1.82) is 0 Å². The fourth-order valence-corrected chi connectivity index (χ4v) is 1.85. The van der Waals surface area contributed by atoms with Gasteiger partial charge < -0.3 is 10.1 Å². The summed E-state index contributed by atoms with van der Waals surface area (Å²) in [5.74, 6) is 0.845. The summed E-state index contributed by atoms with van der Waals surface area (Å²) in [4.78, 5) is 4.18. The minimum absolute atomic E-state index is 0.612. The molecule has 1 heterocycles. The summed E-state index contributed by atoms with van der Waals surface area (Å²) in [5, 5.41) is 3.57. The van der Waals surface area contributed by atoms with Crippen LogP contribution in [0.1, 0.15) is 38.7 Å². The lowest BCUT2D eigenvalue weighted by Crippen LogP contribution is -2.29. The first-order chi connectivity index (χ1) is 8.30. The van der Waals surface area contributed by atoms with Crippen LogP contribution in [0.5, 0.6) is 5.75 Å². The molecule has 0 aliphatic carbocycles. The van der Waals surface area contributed by atoms with Gasteiger partial charge in [0.25, 0.3) is 0 Å². The first-order valence-electron chi connectivity index (χ1n) is 6.51. The van der Waals surface area contributed by atoms with Gasteiger partial charge in [-0.2, -0.15) is 0 Å². The summed E-state index contributed by atoms with van der Waals surface area (Å²) in [7, 11) is 1.68. The van der Waals surface area contributed by atoms with E-state index in [1.54, 1.807) is 13.3 Å². The van der Waals surface area contributed by atoms with Gasteiger partial charge >= 0.3 is 0 Å². The Labute approximate surface area is 105 Å². The highest BCUT2D eigenvalue weighted by Crippen LogP contribution is 2.13. The van der Waals surface area contributed by atoms with E-state index in [0.29, 0.717) is 6.04 Å². The van der Waals surface area contributed by atoms with Crippen molar-refractivity contribution in [2.75, 3.05) is 13.7 Å². The summed E-state index contributed by atoms with van der Waals surface area (Å²) in [6, 6.07) is 2.68. The first kappa shape index (κ1) is 14.0. The molecular formula is C14H24N2O. The number of nitrogens with one attached hydrogen (secondary N) is 1. The second kappa shape index (κ2) is 8.07. The SMILES string of the molecule is CCCNC(CC)CCc1cncc(OC)c1. The van der Waals surface area contributed by atoms with E-state index < -0.39 is 0 Å². The van der Waals surface area contributed by atoms with E-state index >= 15 is 0 Å². The second-order valence-electron chi connectivity index (χ2n) is 4.33. The van der Waals surface area contributed by atoms with Crippen molar-refractivity contribution in [2.45, 2.75) is 45.6 Å². The van der Waals surface area contributed by atoms with Gasteiger partial charge in [0.15, 0.2) is 0 Å². The summed E-state index contributed by atoms with van der Waals surface area (Å²) in [6.45, 7) is 5.54. The fourth-order valence-electron chi connectivity index (χ4n) is 1.85. The zero-order chi connectivity index (χ0) is 12.5. The third-order valence-corrected chi connectivity index (χ3v) is 2.96. The molecule has 1 unspecified atom stereocenters. The number of methoxy groups -OCH3 is 1. The number of rotatable bonds is 8. The molecule has 17 heavy (non-hydrogen) atoms. The van der Waals surface area contributed by atoms with Crippen LogP contribution >= 0.6 is 0 Å². The molecule has 0 aromatic carbocycles. The predicted octanol–water partition coefficient (Wildman–Crippen LogP) is 2.80. The Kier molecular flexibility index (Phi) is 6.63. The van der Waals surface area contributed by atoms with Gasteiger partial charge in [-0.15, -0.1) is 0 Å².